The Hall–Kier alpha value is -0.650. The Kier molecular flexibility index (Phi) is 3.94. The summed E-state index contributed by atoms with van der Waals surface area (Å²) in [7, 11) is -2.27. The van der Waals surface area contributed by atoms with E-state index in [1.807, 2.05) is 0 Å². The zero-order valence-electron chi connectivity index (χ0n) is 10.1. The third-order valence-corrected chi connectivity index (χ3v) is 5.20. The normalized spacial score (nSPS) is 16.2. The molecule has 0 spiro atoms. The molecule has 1 aromatic carbocycles. The summed E-state index contributed by atoms with van der Waals surface area (Å²) in [4.78, 5) is -0.288. The van der Waals surface area contributed by atoms with Crippen molar-refractivity contribution < 1.29 is 12.8 Å². The molecule has 0 saturated heterocycles. The number of rotatable bonds is 5. The smallest absolute Gasteiger partial charge is 0.207 e. The van der Waals surface area contributed by atoms with Gasteiger partial charge in [-0.05, 0) is 36.5 Å². The molecule has 3 nitrogen and oxygen atoms in total. The molecular formula is C12H15ClFNO2S. The molecule has 0 N–H and O–H groups in total. The fourth-order valence-corrected chi connectivity index (χ4v) is 3.28. The summed E-state index contributed by atoms with van der Waals surface area (Å²) in [5, 5.41) is 0. The van der Waals surface area contributed by atoms with Crippen molar-refractivity contribution in [3.63, 3.8) is 0 Å². The first-order chi connectivity index (χ1) is 8.45. The summed E-state index contributed by atoms with van der Waals surface area (Å²) < 4.78 is 39.3. The molecule has 1 aliphatic rings. The van der Waals surface area contributed by atoms with Crippen molar-refractivity contribution in [1.82, 2.24) is 4.31 Å². The largest absolute Gasteiger partial charge is 0.245 e. The third kappa shape index (κ3) is 2.84. The Labute approximate surface area is 112 Å². The molecule has 1 aliphatic carbocycles. The van der Waals surface area contributed by atoms with E-state index in [4.69, 9.17) is 11.6 Å². The minimum atomic E-state index is -3.76. The predicted molar refractivity (Wildman–Crippen MR) is 68.5 cm³/mol. The van der Waals surface area contributed by atoms with Gasteiger partial charge in [0, 0.05) is 19.5 Å². The zero-order valence-corrected chi connectivity index (χ0v) is 11.6. The second-order valence-corrected chi connectivity index (χ2v) is 6.91. The summed E-state index contributed by atoms with van der Waals surface area (Å²) in [6.45, 7) is 0.451. The van der Waals surface area contributed by atoms with Gasteiger partial charge in [0.15, 0.2) is 0 Å². The highest BCUT2D eigenvalue weighted by molar-refractivity contribution is 7.89. The van der Waals surface area contributed by atoms with E-state index in [-0.39, 0.29) is 10.8 Å². The molecule has 1 saturated carbocycles. The standard InChI is InChI=1S/C12H15ClFNO2S/c1-15(8-9-2-3-9)18(16,17)12-6-10(7-13)4-5-11(12)14/h4-6,9H,2-3,7-8H2,1H3. The zero-order chi connectivity index (χ0) is 13.3. The molecule has 2 rings (SSSR count). The van der Waals surface area contributed by atoms with Gasteiger partial charge in [0.2, 0.25) is 10.0 Å². The first kappa shape index (κ1) is 13.8. The predicted octanol–water partition coefficient (Wildman–Crippen LogP) is 2.60. The first-order valence-electron chi connectivity index (χ1n) is 5.76. The van der Waals surface area contributed by atoms with Gasteiger partial charge < -0.3 is 0 Å². The van der Waals surface area contributed by atoms with Gasteiger partial charge in [0.25, 0.3) is 0 Å². The van der Waals surface area contributed by atoms with Crippen molar-refractivity contribution in [3.8, 4) is 0 Å². The van der Waals surface area contributed by atoms with Crippen LogP contribution in [-0.4, -0.2) is 26.3 Å². The van der Waals surface area contributed by atoms with Crippen LogP contribution in [0.25, 0.3) is 0 Å². The van der Waals surface area contributed by atoms with E-state index in [1.165, 1.54) is 23.5 Å². The molecule has 0 radical (unpaired) electrons. The van der Waals surface area contributed by atoms with E-state index >= 15 is 0 Å². The molecule has 1 fully saturated rings. The highest BCUT2D eigenvalue weighted by Crippen LogP contribution is 2.31. The maximum Gasteiger partial charge on any atom is 0.245 e. The van der Waals surface area contributed by atoms with Gasteiger partial charge >= 0.3 is 0 Å². The summed E-state index contributed by atoms with van der Waals surface area (Å²) >= 11 is 5.64. The van der Waals surface area contributed by atoms with Crippen LogP contribution in [0.5, 0.6) is 0 Å². The Morgan fingerprint density at radius 2 is 2.11 bits per heavy atom. The van der Waals surface area contributed by atoms with E-state index < -0.39 is 15.8 Å². The lowest BCUT2D eigenvalue weighted by Crippen LogP contribution is -2.29. The van der Waals surface area contributed by atoms with Crippen LogP contribution in [0.4, 0.5) is 4.39 Å². The van der Waals surface area contributed by atoms with Gasteiger partial charge in [-0.25, -0.2) is 17.1 Å². The summed E-state index contributed by atoms with van der Waals surface area (Å²) in [6, 6.07) is 3.94. The Morgan fingerprint density at radius 3 is 2.67 bits per heavy atom. The second kappa shape index (κ2) is 5.15. The monoisotopic (exact) mass is 291 g/mol. The van der Waals surface area contributed by atoms with Crippen molar-refractivity contribution in [2.24, 2.45) is 5.92 Å². The van der Waals surface area contributed by atoms with Gasteiger partial charge in [-0.3, -0.25) is 0 Å². The van der Waals surface area contributed by atoms with Gasteiger partial charge in [-0.15, -0.1) is 11.6 Å². The van der Waals surface area contributed by atoms with Crippen LogP contribution in [0.15, 0.2) is 23.1 Å². The van der Waals surface area contributed by atoms with Gasteiger partial charge in [0.05, 0.1) is 0 Å². The van der Waals surface area contributed by atoms with Gasteiger partial charge in [-0.1, -0.05) is 6.07 Å². The van der Waals surface area contributed by atoms with Crippen LogP contribution in [-0.2, 0) is 15.9 Å². The maximum absolute atomic E-state index is 13.7. The van der Waals surface area contributed by atoms with Crippen LogP contribution in [0.3, 0.4) is 0 Å². The van der Waals surface area contributed by atoms with Crippen LogP contribution in [0, 0.1) is 11.7 Å². The lowest BCUT2D eigenvalue weighted by atomic mass is 10.2. The third-order valence-electron chi connectivity index (χ3n) is 3.05. The molecule has 0 aromatic heterocycles. The lowest BCUT2D eigenvalue weighted by molar-refractivity contribution is 0.447. The number of hydrogen-bond acceptors (Lipinski definition) is 2. The molecule has 100 valence electrons. The second-order valence-electron chi connectivity index (χ2n) is 4.63. The molecule has 6 heteroatoms. The van der Waals surface area contributed by atoms with Gasteiger partial charge in [0.1, 0.15) is 10.7 Å². The van der Waals surface area contributed by atoms with Crippen molar-refractivity contribution in [1.29, 1.82) is 0 Å². The van der Waals surface area contributed by atoms with Crippen molar-refractivity contribution >= 4 is 21.6 Å². The number of nitrogens with zero attached hydrogens (tertiary/aromatic N) is 1. The van der Waals surface area contributed by atoms with Crippen LogP contribution in [0.1, 0.15) is 18.4 Å². The van der Waals surface area contributed by atoms with E-state index in [0.717, 1.165) is 18.9 Å². The minimum Gasteiger partial charge on any atom is -0.207 e. The maximum atomic E-state index is 13.7. The fraction of sp³-hybridized carbons (Fsp3) is 0.500. The highest BCUT2D eigenvalue weighted by atomic mass is 35.5. The SMILES string of the molecule is CN(CC1CC1)S(=O)(=O)c1cc(CCl)ccc1F. The van der Waals surface area contributed by atoms with Gasteiger partial charge in [-0.2, -0.15) is 0 Å². The van der Waals surface area contributed by atoms with Crippen molar-refractivity contribution in [2.75, 3.05) is 13.6 Å². The van der Waals surface area contributed by atoms with E-state index in [2.05, 4.69) is 0 Å². The number of benzene rings is 1. The summed E-state index contributed by atoms with van der Waals surface area (Å²) in [5.41, 5.74) is 0.594. The number of hydrogen-bond donors (Lipinski definition) is 0. The van der Waals surface area contributed by atoms with Crippen LogP contribution in [0.2, 0.25) is 0 Å². The van der Waals surface area contributed by atoms with Crippen LogP contribution >= 0.6 is 11.6 Å². The molecule has 1 aromatic rings. The first-order valence-corrected chi connectivity index (χ1v) is 7.73. The average molecular weight is 292 g/mol. The van der Waals surface area contributed by atoms with E-state index in [0.29, 0.717) is 18.0 Å². The molecular weight excluding hydrogens is 277 g/mol. The topological polar surface area (TPSA) is 37.4 Å². The molecule has 0 amide bonds. The number of alkyl halides is 1. The average Bonchev–Trinajstić information content (AvgIpc) is 3.13. The lowest BCUT2D eigenvalue weighted by Gasteiger charge is -2.17. The summed E-state index contributed by atoms with van der Waals surface area (Å²) in [5.74, 6) is -0.148. The van der Waals surface area contributed by atoms with Crippen LogP contribution < -0.4 is 0 Å². The number of halogens is 2. The minimum absolute atomic E-state index is 0.162. The number of sulfonamides is 1. The highest BCUT2D eigenvalue weighted by Gasteiger charge is 2.30. The molecule has 0 aliphatic heterocycles. The Balaban J connectivity index is 2.32. The molecule has 0 atom stereocenters. The fourth-order valence-electron chi connectivity index (χ4n) is 1.76. The molecule has 0 unspecified atom stereocenters. The van der Waals surface area contributed by atoms with Crippen molar-refractivity contribution in [2.45, 2.75) is 23.6 Å². The van der Waals surface area contributed by atoms with E-state index in [1.54, 1.807) is 0 Å². The van der Waals surface area contributed by atoms with Crippen molar-refractivity contribution in [3.05, 3.63) is 29.6 Å². The van der Waals surface area contributed by atoms with E-state index in [9.17, 15) is 12.8 Å². The Morgan fingerprint density at radius 1 is 1.44 bits per heavy atom. The molecule has 0 bridgehead atoms. The molecule has 0 heterocycles. The Bertz CT molecular complexity index is 543. The summed E-state index contributed by atoms with van der Waals surface area (Å²) in [6.07, 6.45) is 2.09. The quantitative estimate of drug-likeness (QED) is 0.782. The molecule has 18 heavy (non-hydrogen) atoms.